The Kier molecular flexibility index (Phi) is 4.16. The third-order valence-electron chi connectivity index (χ3n) is 3.51. The van der Waals surface area contributed by atoms with Crippen molar-refractivity contribution < 1.29 is 0 Å². The van der Waals surface area contributed by atoms with Crippen LogP contribution in [-0.4, -0.2) is 11.5 Å². The van der Waals surface area contributed by atoms with Crippen molar-refractivity contribution in [3.05, 3.63) is 50.9 Å². The molecule has 0 saturated carbocycles. The summed E-state index contributed by atoms with van der Waals surface area (Å²) in [4.78, 5) is 4.77. The smallest absolute Gasteiger partial charge is 0.0972 e. The summed E-state index contributed by atoms with van der Waals surface area (Å²) in [6, 6.07) is 8.48. The summed E-state index contributed by atoms with van der Waals surface area (Å²) in [5.41, 5.74) is 2.48. The van der Waals surface area contributed by atoms with Crippen molar-refractivity contribution in [1.29, 1.82) is 0 Å². The van der Waals surface area contributed by atoms with Crippen molar-refractivity contribution in [2.75, 3.05) is 6.54 Å². The lowest BCUT2D eigenvalue weighted by molar-refractivity contribution is 0.406. The van der Waals surface area contributed by atoms with E-state index in [1.54, 1.807) is 11.3 Å². The van der Waals surface area contributed by atoms with Gasteiger partial charge in [-0.15, -0.1) is 11.3 Å². The SMILES string of the molecule is Clc1ccc(Cc2nc(C3CCCCN3)cs2)cc1. The first-order chi connectivity index (χ1) is 9.31. The molecule has 2 aromatic rings. The maximum Gasteiger partial charge on any atom is 0.0972 e. The van der Waals surface area contributed by atoms with Crippen molar-refractivity contribution in [3.8, 4) is 0 Å². The minimum Gasteiger partial charge on any atom is -0.309 e. The summed E-state index contributed by atoms with van der Waals surface area (Å²) >= 11 is 7.66. The molecule has 0 spiro atoms. The Morgan fingerprint density at radius 3 is 2.84 bits per heavy atom. The summed E-state index contributed by atoms with van der Waals surface area (Å²) in [6.45, 7) is 1.12. The van der Waals surface area contributed by atoms with Crippen LogP contribution in [0.4, 0.5) is 0 Å². The Morgan fingerprint density at radius 2 is 2.11 bits per heavy atom. The standard InChI is InChI=1S/C15H17ClN2S/c16-12-6-4-11(5-7-12)9-15-18-14(10-19-15)13-3-1-2-8-17-13/h4-7,10,13,17H,1-3,8-9H2. The molecule has 1 atom stereocenters. The summed E-state index contributed by atoms with van der Waals surface area (Å²) < 4.78 is 0. The number of thiazole rings is 1. The maximum absolute atomic E-state index is 5.90. The van der Waals surface area contributed by atoms with Crippen LogP contribution in [0.5, 0.6) is 0 Å². The Bertz CT molecular complexity index is 529. The Balaban J connectivity index is 1.68. The number of nitrogens with zero attached hydrogens (tertiary/aromatic N) is 1. The van der Waals surface area contributed by atoms with Gasteiger partial charge in [0, 0.05) is 16.8 Å². The lowest BCUT2D eigenvalue weighted by atomic mass is 10.0. The van der Waals surface area contributed by atoms with E-state index in [2.05, 4.69) is 22.8 Å². The third-order valence-corrected chi connectivity index (χ3v) is 4.62. The molecule has 1 N–H and O–H groups in total. The second kappa shape index (κ2) is 6.04. The van der Waals surface area contributed by atoms with E-state index in [-0.39, 0.29) is 0 Å². The highest BCUT2D eigenvalue weighted by atomic mass is 35.5. The van der Waals surface area contributed by atoms with Gasteiger partial charge in [-0.3, -0.25) is 0 Å². The van der Waals surface area contributed by atoms with E-state index in [1.807, 2.05) is 12.1 Å². The molecule has 3 rings (SSSR count). The fourth-order valence-corrected chi connectivity index (χ4v) is 3.46. The highest BCUT2D eigenvalue weighted by Gasteiger charge is 2.17. The van der Waals surface area contributed by atoms with Crippen molar-refractivity contribution in [3.63, 3.8) is 0 Å². The van der Waals surface area contributed by atoms with Crippen LogP contribution < -0.4 is 5.32 Å². The zero-order valence-electron chi connectivity index (χ0n) is 10.7. The molecule has 100 valence electrons. The molecule has 19 heavy (non-hydrogen) atoms. The molecule has 1 fully saturated rings. The van der Waals surface area contributed by atoms with Gasteiger partial charge in [0.1, 0.15) is 0 Å². The van der Waals surface area contributed by atoms with E-state index in [4.69, 9.17) is 16.6 Å². The average Bonchev–Trinajstić information content (AvgIpc) is 2.91. The van der Waals surface area contributed by atoms with Gasteiger partial charge in [0.05, 0.1) is 16.7 Å². The highest BCUT2D eigenvalue weighted by Crippen LogP contribution is 2.25. The van der Waals surface area contributed by atoms with Gasteiger partial charge < -0.3 is 5.32 Å². The van der Waals surface area contributed by atoms with Gasteiger partial charge in [-0.2, -0.15) is 0 Å². The van der Waals surface area contributed by atoms with Crippen molar-refractivity contribution in [2.24, 2.45) is 0 Å². The van der Waals surface area contributed by atoms with Gasteiger partial charge in [0.15, 0.2) is 0 Å². The molecule has 2 nitrogen and oxygen atoms in total. The van der Waals surface area contributed by atoms with E-state index in [0.29, 0.717) is 6.04 Å². The second-order valence-electron chi connectivity index (χ2n) is 4.97. The summed E-state index contributed by atoms with van der Waals surface area (Å²) in [6.07, 6.45) is 4.71. The molecule has 1 aliphatic heterocycles. The van der Waals surface area contributed by atoms with Crippen molar-refractivity contribution >= 4 is 22.9 Å². The van der Waals surface area contributed by atoms with Gasteiger partial charge in [0.25, 0.3) is 0 Å². The minimum atomic E-state index is 0.462. The van der Waals surface area contributed by atoms with Crippen molar-refractivity contribution in [1.82, 2.24) is 10.3 Å². The second-order valence-corrected chi connectivity index (χ2v) is 6.35. The number of hydrogen-bond acceptors (Lipinski definition) is 3. The van der Waals surface area contributed by atoms with E-state index in [0.717, 1.165) is 18.0 Å². The molecule has 1 aromatic carbocycles. The largest absolute Gasteiger partial charge is 0.309 e. The molecular weight excluding hydrogens is 276 g/mol. The predicted molar refractivity (Wildman–Crippen MR) is 81.0 cm³/mol. The molecule has 2 heterocycles. The van der Waals surface area contributed by atoms with E-state index in [1.165, 1.54) is 35.5 Å². The monoisotopic (exact) mass is 292 g/mol. The number of piperidine rings is 1. The molecule has 0 bridgehead atoms. The molecule has 0 aliphatic carbocycles. The van der Waals surface area contributed by atoms with E-state index < -0.39 is 0 Å². The highest BCUT2D eigenvalue weighted by molar-refractivity contribution is 7.09. The van der Waals surface area contributed by atoms with Crippen LogP contribution in [-0.2, 0) is 6.42 Å². The van der Waals surface area contributed by atoms with Gasteiger partial charge in [-0.1, -0.05) is 30.2 Å². The Morgan fingerprint density at radius 1 is 1.26 bits per heavy atom. The summed E-state index contributed by atoms with van der Waals surface area (Å²) in [5.74, 6) is 0. The van der Waals surface area contributed by atoms with Crippen LogP contribution in [0.25, 0.3) is 0 Å². The van der Waals surface area contributed by atoms with Gasteiger partial charge in [-0.05, 0) is 37.1 Å². The first-order valence-electron chi connectivity index (χ1n) is 6.73. The zero-order chi connectivity index (χ0) is 13.1. The average molecular weight is 293 g/mol. The molecule has 0 amide bonds. The molecule has 4 heteroatoms. The van der Waals surface area contributed by atoms with Gasteiger partial charge in [-0.25, -0.2) is 4.98 Å². The molecule has 1 aromatic heterocycles. The van der Waals surface area contributed by atoms with Crippen LogP contribution in [0.15, 0.2) is 29.6 Å². The van der Waals surface area contributed by atoms with Crippen LogP contribution in [0.1, 0.15) is 41.6 Å². The Labute approximate surface area is 122 Å². The molecule has 1 aliphatic rings. The van der Waals surface area contributed by atoms with Gasteiger partial charge >= 0.3 is 0 Å². The van der Waals surface area contributed by atoms with Crippen LogP contribution in [0.3, 0.4) is 0 Å². The molecule has 0 radical (unpaired) electrons. The van der Waals surface area contributed by atoms with Crippen LogP contribution in [0.2, 0.25) is 5.02 Å². The first-order valence-corrected chi connectivity index (χ1v) is 7.99. The Hall–Kier alpha value is -0.900. The van der Waals surface area contributed by atoms with Gasteiger partial charge in [0.2, 0.25) is 0 Å². The number of benzene rings is 1. The number of aromatic nitrogens is 1. The molecular formula is C15H17ClN2S. The quantitative estimate of drug-likeness (QED) is 0.917. The maximum atomic E-state index is 5.90. The first kappa shape index (κ1) is 13.1. The number of halogens is 1. The van der Waals surface area contributed by atoms with Crippen LogP contribution >= 0.6 is 22.9 Å². The molecule has 1 unspecified atom stereocenters. The fraction of sp³-hybridized carbons (Fsp3) is 0.400. The third kappa shape index (κ3) is 3.35. The zero-order valence-corrected chi connectivity index (χ0v) is 12.3. The summed E-state index contributed by atoms with van der Waals surface area (Å²) in [5, 5.41) is 7.72. The topological polar surface area (TPSA) is 24.9 Å². The van der Waals surface area contributed by atoms with Crippen molar-refractivity contribution in [2.45, 2.75) is 31.7 Å². The normalized spacial score (nSPS) is 19.5. The predicted octanol–water partition coefficient (Wildman–Crippen LogP) is 4.20. The minimum absolute atomic E-state index is 0.462. The summed E-state index contributed by atoms with van der Waals surface area (Å²) in [7, 11) is 0. The number of rotatable bonds is 3. The molecule has 1 saturated heterocycles. The number of nitrogens with one attached hydrogen (secondary N) is 1. The van der Waals surface area contributed by atoms with Crippen LogP contribution in [0, 0.1) is 0 Å². The van der Waals surface area contributed by atoms with E-state index >= 15 is 0 Å². The lowest BCUT2D eigenvalue weighted by Gasteiger charge is -2.21. The number of hydrogen-bond donors (Lipinski definition) is 1. The van der Waals surface area contributed by atoms with E-state index in [9.17, 15) is 0 Å². The fourth-order valence-electron chi connectivity index (χ4n) is 2.45. The lowest BCUT2D eigenvalue weighted by Crippen LogP contribution is -2.26.